The predicted molar refractivity (Wildman–Crippen MR) is 61.3 cm³/mol. The van der Waals surface area contributed by atoms with Gasteiger partial charge in [0, 0.05) is 12.6 Å². The number of nitrogens with one attached hydrogen (secondary N) is 1. The summed E-state index contributed by atoms with van der Waals surface area (Å²) in [6.07, 6.45) is 1.65. The van der Waals surface area contributed by atoms with E-state index in [1.54, 1.807) is 12.3 Å². The molecule has 17 heavy (non-hydrogen) atoms. The fourth-order valence-corrected chi connectivity index (χ4v) is 1.69. The van der Waals surface area contributed by atoms with E-state index in [0.29, 0.717) is 12.1 Å². The fraction of sp³-hybridized carbons (Fsp3) is 0.250. The third-order valence-corrected chi connectivity index (χ3v) is 2.63. The Bertz CT molecular complexity index is 535. The fourth-order valence-electron chi connectivity index (χ4n) is 1.69. The molecule has 2 aromatic rings. The first-order chi connectivity index (χ1) is 8.13. The molecule has 0 fully saturated rings. The van der Waals surface area contributed by atoms with Gasteiger partial charge in [0.15, 0.2) is 11.6 Å². The van der Waals surface area contributed by atoms with Crippen molar-refractivity contribution in [3.05, 3.63) is 41.9 Å². The van der Waals surface area contributed by atoms with Crippen LogP contribution in [0.1, 0.15) is 5.82 Å². The van der Waals surface area contributed by atoms with Crippen LogP contribution in [0.4, 0.5) is 8.78 Å². The topological polar surface area (TPSA) is 29.9 Å². The van der Waals surface area contributed by atoms with E-state index in [1.807, 2.05) is 18.7 Å². The van der Waals surface area contributed by atoms with Crippen molar-refractivity contribution in [3.8, 4) is 11.3 Å². The van der Waals surface area contributed by atoms with Crippen LogP contribution in [-0.4, -0.2) is 16.6 Å². The highest BCUT2D eigenvalue weighted by molar-refractivity contribution is 5.59. The average Bonchev–Trinajstić information content (AvgIpc) is 2.66. The van der Waals surface area contributed by atoms with Crippen molar-refractivity contribution in [3.63, 3.8) is 0 Å². The lowest BCUT2D eigenvalue weighted by molar-refractivity contribution is 0.509. The molecule has 0 spiro atoms. The smallest absolute Gasteiger partial charge is 0.159 e. The van der Waals surface area contributed by atoms with Gasteiger partial charge in [-0.2, -0.15) is 0 Å². The minimum absolute atomic E-state index is 0.612. The first-order valence-electron chi connectivity index (χ1n) is 5.24. The van der Waals surface area contributed by atoms with E-state index in [0.717, 1.165) is 17.6 Å². The molecular weight excluding hydrogens is 224 g/mol. The van der Waals surface area contributed by atoms with Gasteiger partial charge in [-0.15, -0.1) is 0 Å². The van der Waals surface area contributed by atoms with Gasteiger partial charge in [0.2, 0.25) is 0 Å². The summed E-state index contributed by atoms with van der Waals surface area (Å²) in [4.78, 5) is 4.22. The zero-order valence-corrected chi connectivity index (χ0v) is 9.67. The Morgan fingerprint density at radius 1 is 1.29 bits per heavy atom. The molecule has 1 aromatic carbocycles. The van der Waals surface area contributed by atoms with Gasteiger partial charge >= 0.3 is 0 Å². The molecule has 0 bridgehead atoms. The third-order valence-electron chi connectivity index (χ3n) is 2.63. The number of hydrogen-bond acceptors (Lipinski definition) is 2. The Labute approximate surface area is 98.1 Å². The standard InChI is InChI=1S/C12H13F2N3/c1-15-7-12-16-6-11(17(12)2)8-3-4-9(13)10(14)5-8/h3-6,15H,7H2,1-2H3. The highest BCUT2D eigenvalue weighted by Gasteiger charge is 2.10. The molecule has 0 saturated carbocycles. The molecular formula is C12H13F2N3. The second-order valence-electron chi connectivity index (χ2n) is 3.78. The Kier molecular flexibility index (Phi) is 3.19. The first-order valence-corrected chi connectivity index (χ1v) is 5.24. The number of imidazole rings is 1. The van der Waals surface area contributed by atoms with Crippen molar-refractivity contribution in [2.45, 2.75) is 6.54 Å². The number of aromatic nitrogens is 2. The minimum Gasteiger partial charge on any atom is -0.330 e. The molecule has 0 amide bonds. The summed E-state index contributed by atoms with van der Waals surface area (Å²) in [5.41, 5.74) is 1.37. The van der Waals surface area contributed by atoms with Gasteiger partial charge in [-0.3, -0.25) is 0 Å². The third kappa shape index (κ3) is 2.19. The Morgan fingerprint density at radius 2 is 2.06 bits per heavy atom. The molecule has 1 aromatic heterocycles. The first kappa shape index (κ1) is 11.7. The maximum Gasteiger partial charge on any atom is 0.159 e. The molecule has 1 heterocycles. The summed E-state index contributed by atoms with van der Waals surface area (Å²) in [6, 6.07) is 3.84. The van der Waals surface area contributed by atoms with Gasteiger partial charge in [-0.25, -0.2) is 13.8 Å². The summed E-state index contributed by atoms with van der Waals surface area (Å²) < 4.78 is 27.8. The normalized spacial score (nSPS) is 10.8. The molecule has 0 unspecified atom stereocenters. The van der Waals surface area contributed by atoms with E-state index in [1.165, 1.54) is 6.07 Å². The maximum atomic E-state index is 13.1. The largest absolute Gasteiger partial charge is 0.330 e. The van der Waals surface area contributed by atoms with Crippen LogP contribution in [-0.2, 0) is 13.6 Å². The second-order valence-corrected chi connectivity index (χ2v) is 3.78. The monoisotopic (exact) mass is 237 g/mol. The molecule has 0 aliphatic heterocycles. The van der Waals surface area contributed by atoms with Crippen LogP contribution in [0.15, 0.2) is 24.4 Å². The molecule has 0 aliphatic carbocycles. The molecule has 5 heteroatoms. The molecule has 90 valence electrons. The van der Waals surface area contributed by atoms with E-state index in [4.69, 9.17) is 0 Å². The summed E-state index contributed by atoms with van der Waals surface area (Å²) in [5, 5.41) is 2.99. The SMILES string of the molecule is CNCc1ncc(-c2ccc(F)c(F)c2)n1C. The summed E-state index contributed by atoms with van der Waals surface area (Å²) in [6.45, 7) is 0.625. The van der Waals surface area contributed by atoms with Crippen molar-refractivity contribution in [1.82, 2.24) is 14.9 Å². The van der Waals surface area contributed by atoms with E-state index < -0.39 is 11.6 Å². The van der Waals surface area contributed by atoms with E-state index in [9.17, 15) is 8.78 Å². The van der Waals surface area contributed by atoms with Crippen LogP contribution in [0.5, 0.6) is 0 Å². The van der Waals surface area contributed by atoms with Gasteiger partial charge in [0.25, 0.3) is 0 Å². The average molecular weight is 237 g/mol. The quantitative estimate of drug-likeness (QED) is 0.885. The lowest BCUT2D eigenvalue weighted by atomic mass is 10.1. The molecule has 3 nitrogen and oxygen atoms in total. The van der Waals surface area contributed by atoms with Crippen LogP contribution in [0.25, 0.3) is 11.3 Å². The number of nitrogens with zero attached hydrogens (tertiary/aromatic N) is 2. The van der Waals surface area contributed by atoms with Crippen LogP contribution in [0.3, 0.4) is 0 Å². The lowest BCUT2D eigenvalue weighted by Gasteiger charge is -2.06. The highest BCUT2D eigenvalue weighted by Crippen LogP contribution is 2.21. The van der Waals surface area contributed by atoms with E-state index in [2.05, 4.69) is 10.3 Å². The highest BCUT2D eigenvalue weighted by atomic mass is 19.2. The predicted octanol–water partition coefficient (Wildman–Crippen LogP) is 2.08. The van der Waals surface area contributed by atoms with Crippen LogP contribution in [0, 0.1) is 11.6 Å². The Hall–Kier alpha value is -1.75. The van der Waals surface area contributed by atoms with Gasteiger partial charge in [-0.1, -0.05) is 0 Å². The summed E-state index contributed by atoms with van der Waals surface area (Å²) in [7, 11) is 3.67. The van der Waals surface area contributed by atoms with E-state index in [-0.39, 0.29) is 0 Å². The van der Waals surface area contributed by atoms with Crippen molar-refractivity contribution >= 4 is 0 Å². The molecule has 0 saturated heterocycles. The zero-order chi connectivity index (χ0) is 12.4. The van der Waals surface area contributed by atoms with Gasteiger partial charge < -0.3 is 9.88 Å². The number of halogens is 2. The molecule has 0 atom stereocenters. The Balaban J connectivity index is 2.42. The number of hydrogen-bond donors (Lipinski definition) is 1. The van der Waals surface area contributed by atoms with Gasteiger partial charge in [0.1, 0.15) is 5.82 Å². The molecule has 2 rings (SSSR count). The lowest BCUT2D eigenvalue weighted by Crippen LogP contribution is -2.10. The Morgan fingerprint density at radius 3 is 2.71 bits per heavy atom. The van der Waals surface area contributed by atoms with Crippen molar-refractivity contribution in [2.24, 2.45) is 7.05 Å². The van der Waals surface area contributed by atoms with Crippen molar-refractivity contribution < 1.29 is 8.78 Å². The summed E-state index contributed by atoms with van der Waals surface area (Å²) >= 11 is 0. The van der Waals surface area contributed by atoms with Crippen LogP contribution in [0.2, 0.25) is 0 Å². The van der Waals surface area contributed by atoms with Crippen LogP contribution >= 0.6 is 0 Å². The summed E-state index contributed by atoms with van der Waals surface area (Å²) in [5.74, 6) is -0.850. The van der Waals surface area contributed by atoms with Gasteiger partial charge in [0.05, 0.1) is 18.4 Å². The molecule has 0 radical (unpaired) electrons. The zero-order valence-electron chi connectivity index (χ0n) is 9.67. The molecule has 1 N–H and O–H groups in total. The van der Waals surface area contributed by atoms with Crippen molar-refractivity contribution in [2.75, 3.05) is 7.05 Å². The molecule has 0 aliphatic rings. The van der Waals surface area contributed by atoms with E-state index >= 15 is 0 Å². The number of rotatable bonds is 3. The van der Waals surface area contributed by atoms with Gasteiger partial charge in [-0.05, 0) is 25.2 Å². The maximum absolute atomic E-state index is 13.1. The van der Waals surface area contributed by atoms with Crippen LogP contribution < -0.4 is 5.32 Å². The van der Waals surface area contributed by atoms with Crippen molar-refractivity contribution in [1.29, 1.82) is 0 Å². The number of benzene rings is 1. The second kappa shape index (κ2) is 4.63. The minimum atomic E-state index is -0.848.